The summed E-state index contributed by atoms with van der Waals surface area (Å²) in [6.45, 7) is 2.18. The van der Waals surface area contributed by atoms with Gasteiger partial charge in [-0.2, -0.15) is 4.98 Å². The van der Waals surface area contributed by atoms with Gasteiger partial charge in [-0.25, -0.2) is 0 Å². The lowest BCUT2D eigenvalue weighted by Crippen LogP contribution is -2.51. The average Bonchev–Trinajstić information content (AvgIpc) is 3.34. The van der Waals surface area contributed by atoms with Crippen LogP contribution in [0.1, 0.15) is 44.4 Å². The molecule has 1 N–H and O–H groups in total. The third-order valence-electron chi connectivity index (χ3n) is 5.27. The Kier molecular flexibility index (Phi) is 5.54. The minimum Gasteiger partial charge on any atom is -0.461 e. The molecule has 2 aromatic heterocycles. The van der Waals surface area contributed by atoms with Crippen LogP contribution in [-0.2, 0) is 20.7 Å². The van der Waals surface area contributed by atoms with Gasteiger partial charge in [0.2, 0.25) is 17.6 Å². The second-order valence-electron chi connectivity index (χ2n) is 7.24. The van der Waals surface area contributed by atoms with E-state index in [0.717, 1.165) is 38.9 Å². The minimum absolute atomic E-state index is 0.0647. The number of carbonyl (C=O) groups excluding carboxylic acids is 1. The van der Waals surface area contributed by atoms with E-state index in [1.54, 1.807) is 18.4 Å². The third-order valence-corrected chi connectivity index (χ3v) is 5.27. The second-order valence-corrected chi connectivity index (χ2v) is 7.24. The van der Waals surface area contributed by atoms with Crippen molar-refractivity contribution in [2.45, 2.75) is 56.6 Å². The summed E-state index contributed by atoms with van der Waals surface area (Å²) in [5.41, 5.74) is -0.111. The zero-order valence-corrected chi connectivity index (χ0v) is 15.3. The Labute approximate surface area is 157 Å². The zero-order valence-electron chi connectivity index (χ0n) is 15.3. The van der Waals surface area contributed by atoms with E-state index < -0.39 is 0 Å². The highest BCUT2D eigenvalue weighted by molar-refractivity contribution is 5.76. The number of aryl methyl sites for hydroxylation is 1. The van der Waals surface area contributed by atoms with Gasteiger partial charge in [0, 0.05) is 38.7 Å². The number of rotatable bonds is 6. The number of carbonyl (C=O) groups is 1. The number of amides is 1. The van der Waals surface area contributed by atoms with Gasteiger partial charge >= 0.3 is 0 Å². The largest absolute Gasteiger partial charge is 0.461 e. The summed E-state index contributed by atoms with van der Waals surface area (Å²) in [4.78, 5) is 16.6. The first-order valence-corrected chi connectivity index (χ1v) is 9.60. The topological polar surface area (TPSA) is 99.6 Å². The molecule has 0 radical (unpaired) electrons. The van der Waals surface area contributed by atoms with Gasteiger partial charge in [-0.15, -0.1) is 0 Å². The first-order valence-electron chi connectivity index (χ1n) is 9.60. The molecule has 8 heteroatoms. The fourth-order valence-corrected chi connectivity index (χ4v) is 3.81. The Balaban J connectivity index is 1.21. The van der Waals surface area contributed by atoms with Crippen LogP contribution in [0.5, 0.6) is 0 Å². The number of nitrogens with zero attached hydrogens (tertiary/aromatic N) is 2. The maximum atomic E-state index is 12.3. The third kappa shape index (κ3) is 4.56. The first kappa shape index (κ1) is 18.2. The summed E-state index contributed by atoms with van der Waals surface area (Å²) < 4.78 is 21.9. The molecule has 2 fully saturated rings. The van der Waals surface area contributed by atoms with E-state index in [0.29, 0.717) is 43.3 Å². The average molecular weight is 375 g/mol. The Morgan fingerprint density at radius 3 is 3.00 bits per heavy atom. The summed E-state index contributed by atoms with van der Waals surface area (Å²) in [6.07, 6.45) is 6.79. The standard InChI is InChI=1S/C19H25N3O5/c23-16(20-14-6-10-26-19(13-14)7-11-24-12-8-19)4-1-5-17-21-18(22-27-17)15-3-2-9-25-15/h2-3,9,14H,1,4-8,10-13H2,(H,20,23)/t14-/m1/s1. The van der Waals surface area contributed by atoms with Crippen molar-refractivity contribution in [1.82, 2.24) is 15.5 Å². The summed E-state index contributed by atoms with van der Waals surface area (Å²) in [6, 6.07) is 3.73. The van der Waals surface area contributed by atoms with Gasteiger partial charge < -0.3 is 23.7 Å². The fraction of sp³-hybridized carbons (Fsp3) is 0.632. The lowest BCUT2D eigenvalue weighted by Gasteiger charge is -2.43. The normalized spacial score (nSPS) is 22.0. The number of hydrogen-bond acceptors (Lipinski definition) is 7. The molecule has 2 aliphatic heterocycles. The highest BCUT2D eigenvalue weighted by Crippen LogP contribution is 2.34. The van der Waals surface area contributed by atoms with Crippen LogP contribution in [0.4, 0.5) is 0 Å². The van der Waals surface area contributed by atoms with Crippen LogP contribution in [0.3, 0.4) is 0 Å². The smallest absolute Gasteiger partial charge is 0.238 e. The van der Waals surface area contributed by atoms with E-state index in [2.05, 4.69) is 15.5 Å². The van der Waals surface area contributed by atoms with E-state index in [4.69, 9.17) is 18.4 Å². The van der Waals surface area contributed by atoms with Crippen LogP contribution in [-0.4, -0.2) is 47.5 Å². The van der Waals surface area contributed by atoms with E-state index in [-0.39, 0.29) is 17.6 Å². The monoisotopic (exact) mass is 375 g/mol. The lowest BCUT2D eigenvalue weighted by atomic mass is 9.84. The maximum Gasteiger partial charge on any atom is 0.238 e. The second kappa shape index (κ2) is 8.22. The zero-order chi connectivity index (χ0) is 18.5. The number of hydrogen-bond donors (Lipinski definition) is 1. The summed E-state index contributed by atoms with van der Waals surface area (Å²) in [5, 5.41) is 7.06. The van der Waals surface area contributed by atoms with Gasteiger partial charge in [-0.3, -0.25) is 4.79 Å². The quantitative estimate of drug-likeness (QED) is 0.828. The number of aromatic nitrogens is 2. The molecule has 1 spiro atoms. The van der Waals surface area contributed by atoms with Gasteiger partial charge in [0.25, 0.3) is 0 Å². The molecule has 0 aromatic carbocycles. The molecular weight excluding hydrogens is 350 g/mol. The predicted molar refractivity (Wildman–Crippen MR) is 94.8 cm³/mol. The molecule has 2 saturated heterocycles. The van der Waals surface area contributed by atoms with Crippen LogP contribution >= 0.6 is 0 Å². The molecule has 27 heavy (non-hydrogen) atoms. The van der Waals surface area contributed by atoms with Gasteiger partial charge in [-0.1, -0.05) is 5.16 Å². The molecule has 8 nitrogen and oxygen atoms in total. The van der Waals surface area contributed by atoms with E-state index in [1.165, 1.54) is 0 Å². The predicted octanol–water partition coefficient (Wildman–Crippen LogP) is 2.50. The van der Waals surface area contributed by atoms with Crippen LogP contribution < -0.4 is 5.32 Å². The van der Waals surface area contributed by atoms with Crippen LogP contribution in [0.15, 0.2) is 27.3 Å². The highest BCUT2D eigenvalue weighted by atomic mass is 16.5. The van der Waals surface area contributed by atoms with E-state index >= 15 is 0 Å². The fourth-order valence-electron chi connectivity index (χ4n) is 3.81. The number of nitrogens with one attached hydrogen (secondary N) is 1. The minimum atomic E-state index is -0.111. The van der Waals surface area contributed by atoms with Crippen LogP contribution in [0.2, 0.25) is 0 Å². The summed E-state index contributed by atoms with van der Waals surface area (Å²) in [5.74, 6) is 1.59. The molecule has 0 aliphatic carbocycles. The number of ether oxygens (including phenoxy) is 2. The molecule has 1 amide bonds. The van der Waals surface area contributed by atoms with Crippen molar-refractivity contribution in [3.8, 4) is 11.6 Å². The molecule has 2 aliphatic rings. The Bertz CT molecular complexity index is 731. The number of furan rings is 1. The maximum absolute atomic E-state index is 12.3. The summed E-state index contributed by atoms with van der Waals surface area (Å²) >= 11 is 0. The van der Waals surface area contributed by atoms with Crippen molar-refractivity contribution in [2.75, 3.05) is 19.8 Å². The van der Waals surface area contributed by atoms with Crippen LogP contribution in [0, 0.1) is 0 Å². The molecule has 1 atom stereocenters. The van der Waals surface area contributed by atoms with Crippen molar-refractivity contribution >= 4 is 5.91 Å². The molecular formula is C19H25N3O5. The van der Waals surface area contributed by atoms with Gasteiger partial charge in [0.1, 0.15) is 0 Å². The SMILES string of the molecule is O=C(CCCc1nc(-c2ccco2)no1)N[C@@H]1CCOC2(CCOCC2)C1. The van der Waals surface area contributed by atoms with Crippen molar-refractivity contribution in [2.24, 2.45) is 0 Å². The van der Waals surface area contributed by atoms with Gasteiger partial charge in [-0.05, 0) is 44.2 Å². The van der Waals surface area contributed by atoms with E-state index in [9.17, 15) is 4.79 Å². The molecule has 4 rings (SSSR count). The Morgan fingerprint density at radius 1 is 1.30 bits per heavy atom. The Hall–Kier alpha value is -2.19. The van der Waals surface area contributed by atoms with Crippen molar-refractivity contribution in [1.29, 1.82) is 0 Å². The molecule has 0 bridgehead atoms. The van der Waals surface area contributed by atoms with Gasteiger partial charge in [0.15, 0.2) is 5.76 Å². The first-order chi connectivity index (χ1) is 13.2. The summed E-state index contributed by atoms with van der Waals surface area (Å²) in [7, 11) is 0. The van der Waals surface area contributed by atoms with E-state index in [1.807, 2.05) is 0 Å². The van der Waals surface area contributed by atoms with Crippen molar-refractivity contribution in [3.05, 3.63) is 24.3 Å². The van der Waals surface area contributed by atoms with Crippen molar-refractivity contribution < 1.29 is 23.2 Å². The van der Waals surface area contributed by atoms with Gasteiger partial charge in [0.05, 0.1) is 11.9 Å². The molecule has 4 heterocycles. The molecule has 2 aromatic rings. The highest BCUT2D eigenvalue weighted by Gasteiger charge is 2.39. The molecule has 0 saturated carbocycles. The van der Waals surface area contributed by atoms with Crippen LogP contribution in [0.25, 0.3) is 11.6 Å². The Morgan fingerprint density at radius 2 is 2.19 bits per heavy atom. The lowest BCUT2D eigenvalue weighted by molar-refractivity contribution is -0.144. The van der Waals surface area contributed by atoms with Crippen molar-refractivity contribution in [3.63, 3.8) is 0 Å². The molecule has 0 unspecified atom stereocenters. The molecule has 146 valence electrons.